The lowest BCUT2D eigenvalue weighted by atomic mass is 10.1. The van der Waals surface area contributed by atoms with Crippen LogP contribution in [0.25, 0.3) is 0 Å². The Kier molecular flexibility index (Phi) is 2.93. The molecule has 2 rings (SSSR count). The normalized spacial score (nSPS) is 10.3. The van der Waals surface area contributed by atoms with E-state index < -0.39 is 0 Å². The van der Waals surface area contributed by atoms with Crippen molar-refractivity contribution in [1.82, 2.24) is 9.78 Å². The molecule has 0 unspecified atom stereocenters. The van der Waals surface area contributed by atoms with Gasteiger partial charge in [-0.1, -0.05) is 0 Å². The summed E-state index contributed by atoms with van der Waals surface area (Å²) in [7, 11) is 1.73. The third kappa shape index (κ3) is 2.27. The molecule has 0 saturated carbocycles. The maximum absolute atomic E-state index is 12.0. The highest BCUT2D eigenvalue weighted by Crippen LogP contribution is 2.20. The molecule has 0 spiro atoms. The Balaban J connectivity index is 2.27. The number of nitrogen functional groups attached to an aromatic ring is 1. The van der Waals surface area contributed by atoms with E-state index in [1.165, 1.54) is 18.2 Å². The minimum absolute atomic E-state index is 0.00413. The van der Waals surface area contributed by atoms with E-state index in [-0.39, 0.29) is 17.2 Å². The second kappa shape index (κ2) is 4.40. The molecule has 2 aromatic rings. The molecule has 1 amide bonds. The Morgan fingerprint density at radius 2 is 2.17 bits per heavy atom. The first-order valence-electron chi connectivity index (χ1n) is 5.38. The number of nitrogens with one attached hydrogen (secondary N) is 1. The van der Waals surface area contributed by atoms with Crippen molar-refractivity contribution in [1.29, 1.82) is 0 Å². The number of aryl methyl sites for hydroxylation is 2. The van der Waals surface area contributed by atoms with Gasteiger partial charge in [0.1, 0.15) is 11.6 Å². The van der Waals surface area contributed by atoms with E-state index >= 15 is 0 Å². The molecule has 94 valence electrons. The quantitative estimate of drug-likeness (QED) is 0.549. The van der Waals surface area contributed by atoms with Crippen molar-refractivity contribution >= 4 is 17.4 Å². The zero-order valence-corrected chi connectivity index (χ0v) is 10.1. The number of benzene rings is 1. The van der Waals surface area contributed by atoms with Gasteiger partial charge in [-0.25, -0.2) is 0 Å². The van der Waals surface area contributed by atoms with Gasteiger partial charge >= 0.3 is 0 Å². The van der Waals surface area contributed by atoms with E-state index in [4.69, 9.17) is 5.73 Å². The zero-order chi connectivity index (χ0) is 13.3. The Morgan fingerprint density at radius 3 is 2.78 bits per heavy atom. The average Bonchev–Trinajstić information content (AvgIpc) is 2.61. The van der Waals surface area contributed by atoms with Crippen molar-refractivity contribution < 1.29 is 9.90 Å². The molecule has 0 saturated heterocycles. The van der Waals surface area contributed by atoms with E-state index in [1.807, 2.05) is 6.92 Å². The van der Waals surface area contributed by atoms with Crippen molar-refractivity contribution in [3.05, 3.63) is 35.5 Å². The number of carbonyl (C=O) groups is 1. The van der Waals surface area contributed by atoms with Crippen molar-refractivity contribution in [3.8, 4) is 5.75 Å². The first-order valence-corrected chi connectivity index (χ1v) is 5.38. The summed E-state index contributed by atoms with van der Waals surface area (Å²) in [5, 5.41) is 16.2. The number of hydrogen-bond donors (Lipinski definition) is 3. The van der Waals surface area contributed by atoms with Crippen LogP contribution in [0.2, 0.25) is 0 Å². The fourth-order valence-electron chi connectivity index (χ4n) is 1.65. The highest BCUT2D eigenvalue weighted by molar-refractivity contribution is 6.07. The van der Waals surface area contributed by atoms with Crippen LogP contribution in [-0.4, -0.2) is 20.8 Å². The van der Waals surface area contributed by atoms with Crippen LogP contribution in [0.1, 0.15) is 16.1 Å². The molecule has 0 bridgehead atoms. The van der Waals surface area contributed by atoms with Crippen LogP contribution in [0.4, 0.5) is 11.5 Å². The van der Waals surface area contributed by atoms with Gasteiger partial charge in [-0.2, -0.15) is 5.10 Å². The number of aromatic nitrogens is 2. The second-order valence-electron chi connectivity index (χ2n) is 4.02. The molecule has 1 heterocycles. The van der Waals surface area contributed by atoms with Crippen LogP contribution in [0.3, 0.4) is 0 Å². The fraction of sp³-hybridized carbons (Fsp3) is 0.167. The topological polar surface area (TPSA) is 93.2 Å². The van der Waals surface area contributed by atoms with E-state index in [0.29, 0.717) is 11.5 Å². The third-order valence-electron chi connectivity index (χ3n) is 2.53. The Morgan fingerprint density at radius 1 is 1.44 bits per heavy atom. The fourth-order valence-corrected chi connectivity index (χ4v) is 1.65. The SMILES string of the molecule is Cc1cc(NC(=O)c2cc(O)ccc2N)n(C)n1. The minimum Gasteiger partial charge on any atom is -0.508 e. The Bertz CT molecular complexity index is 604. The number of phenols is 1. The van der Waals surface area contributed by atoms with Gasteiger partial charge in [0.15, 0.2) is 0 Å². The summed E-state index contributed by atoms with van der Waals surface area (Å²) < 4.78 is 1.56. The average molecular weight is 246 g/mol. The number of rotatable bonds is 2. The number of anilines is 2. The van der Waals surface area contributed by atoms with E-state index in [0.717, 1.165) is 5.69 Å². The van der Waals surface area contributed by atoms with Gasteiger partial charge in [-0.05, 0) is 25.1 Å². The maximum atomic E-state index is 12.0. The number of nitrogens with zero attached hydrogens (tertiary/aromatic N) is 2. The number of phenolic OH excluding ortho intramolecular Hbond substituents is 1. The van der Waals surface area contributed by atoms with Crippen LogP contribution in [-0.2, 0) is 7.05 Å². The highest BCUT2D eigenvalue weighted by atomic mass is 16.3. The highest BCUT2D eigenvalue weighted by Gasteiger charge is 2.13. The van der Waals surface area contributed by atoms with Crippen molar-refractivity contribution in [2.75, 3.05) is 11.1 Å². The molecule has 0 atom stereocenters. The number of carbonyl (C=O) groups excluding carboxylic acids is 1. The Labute approximate surface area is 104 Å². The first kappa shape index (κ1) is 12.0. The van der Waals surface area contributed by atoms with Gasteiger partial charge in [0.05, 0.1) is 11.3 Å². The molecular formula is C12H14N4O2. The van der Waals surface area contributed by atoms with Crippen molar-refractivity contribution in [2.24, 2.45) is 7.05 Å². The standard InChI is InChI=1S/C12H14N4O2/c1-7-5-11(16(2)15-7)14-12(18)9-6-8(17)3-4-10(9)13/h3-6,17H,13H2,1-2H3,(H,14,18). The van der Waals surface area contributed by atoms with Crippen LogP contribution >= 0.6 is 0 Å². The predicted octanol–water partition coefficient (Wildman–Crippen LogP) is 1.27. The van der Waals surface area contributed by atoms with Crippen LogP contribution in [0, 0.1) is 6.92 Å². The molecule has 18 heavy (non-hydrogen) atoms. The molecular weight excluding hydrogens is 232 g/mol. The molecule has 0 aliphatic heterocycles. The van der Waals surface area contributed by atoms with Crippen LogP contribution < -0.4 is 11.1 Å². The molecule has 0 fully saturated rings. The van der Waals surface area contributed by atoms with E-state index in [1.54, 1.807) is 17.8 Å². The summed E-state index contributed by atoms with van der Waals surface area (Å²) >= 11 is 0. The van der Waals surface area contributed by atoms with Gasteiger partial charge in [0.25, 0.3) is 5.91 Å². The number of aromatic hydroxyl groups is 1. The van der Waals surface area contributed by atoms with E-state index in [2.05, 4.69) is 10.4 Å². The summed E-state index contributed by atoms with van der Waals surface area (Å²) in [5.41, 5.74) is 7.04. The molecule has 1 aromatic heterocycles. The monoisotopic (exact) mass is 246 g/mol. The lowest BCUT2D eigenvalue weighted by Gasteiger charge is -2.07. The first-order chi connectivity index (χ1) is 8.47. The lowest BCUT2D eigenvalue weighted by molar-refractivity contribution is 0.102. The van der Waals surface area contributed by atoms with Crippen LogP contribution in [0.15, 0.2) is 24.3 Å². The largest absolute Gasteiger partial charge is 0.508 e. The van der Waals surface area contributed by atoms with Gasteiger partial charge < -0.3 is 16.2 Å². The smallest absolute Gasteiger partial charge is 0.259 e. The third-order valence-corrected chi connectivity index (χ3v) is 2.53. The van der Waals surface area contributed by atoms with Gasteiger partial charge in [0.2, 0.25) is 0 Å². The molecule has 0 aliphatic carbocycles. The summed E-state index contributed by atoms with van der Waals surface area (Å²) in [6, 6.07) is 5.99. The molecule has 0 aliphatic rings. The van der Waals surface area contributed by atoms with Gasteiger partial charge in [-0.3, -0.25) is 9.48 Å². The van der Waals surface area contributed by atoms with Gasteiger partial charge in [0, 0.05) is 18.8 Å². The summed E-state index contributed by atoms with van der Waals surface area (Å²) in [6.45, 7) is 1.83. The minimum atomic E-state index is -0.383. The molecule has 4 N–H and O–H groups in total. The number of nitrogens with two attached hydrogens (primary N) is 1. The summed E-state index contributed by atoms with van der Waals surface area (Å²) in [5.74, 6) is 0.183. The number of amides is 1. The van der Waals surface area contributed by atoms with E-state index in [9.17, 15) is 9.90 Å². The zero-order valence-electron chi connectivity index (χ0n) is 10.1. The molecule has 6 nitrogen and oxygen atoms in total. The maximum Gasteiger partial charge on any atom is 0.259 e. The molecule has 6 heteroatoms. The second-order valence-corrected chi connectivity index (χ2v) is 4.02. The molecule has 1 aromatic carbocycles. The van der Waals surface area contributed by atoms with Crippen molar-refractivity contribution in [3.63, 3.8) is 0 Å². The summed E-state index contributed by atoms with van der Waals surface area (Å²) in [6.07, 6.45) is 0. The number of hydrogen-bond acceptors (Lipinski definition) is 4. The predicted molar refractivity (Wildman–Crippen MR) is 68.4 cm³/mol. The summed E-state index contributed by atoms with van der Waals surface area (Å²) in [4.78, 5) is 12.0. The van der Waals surface area contributed by atoms with Crippen molar-refractivity contribution in [2.45, 2.75) is 6.92 Å². The van der Waals surface area contributed by atoms with Gasteiger partial charge in [-0.15, -0.1) is 0 Å². The van der Waals surface area contributed by atoms with Crippen LogP contribution in [0.5, 0.6) is 5.75 Å². The Hall–Kier alpha value is -2.50. The lowest BCUT2D eigenvalue weighted by Crippen LogP contribution is -2.16. The molecule has 0 radical (unpaired) electrons.